The zero-order valence-electron chi connectivity index (χ0n) is 9.53. The van der Waals surface area contributed by atoms with E-state index >= 15 is 0 Å². The number of nitrogens with zero attached hydrogens (tertiary/aromatic N) is 3. The van der Waals surface area contributed by atoms with Crippen molar-refractivity contribution in [2.45, 2.75) is 5.03 Å². The molecule has 0 saturated carbocycles. The molecule has 1 heterocycles. The van der Waals surface area contributed by atoms with Gasteiger partial charge >= 0.3 is 0 Å². The molecule has 1 aromatic heterocycles. The molecular formula is C11H10N4O2S. The van der Waals surface area contributed by atoms with Crippen LogP contribution in [0.3, 0.4) is 0 Å². The van der Waals surface area contributed by atoms with E-state index < -0.39 is 10.0 Å². The largest absolute Gasteiger partial charge is 0.279 e. The summed E-state index contributed by atoms with van der Waals surface area (Å²) < 4.78 is 27.7. The van der Waals surface area contributed by atoms with Crippen LogP contribution in [0.5, 0.6) is 0 Å². The third-order valence-electron chi connectivity index (χ3n) is 2.32. The van der Waals surface area contributed by atoms with E-state index in [2.05, 4.69) is 9.82 Å². The van der Waals surface area contributed by atoms with E-state index in [1.165, 1.54) is 29.1 Å². The van der Waals surface area contributed by atoms with Crippen molar-refractivity contribution in [1.29, 1.82) is 5.26 Å². The molecule has 0 amide bonds. The van der Waals surface area contributed by atoms with Crippen LogP contribution >= 0.6 is 0 Å². The molecule has 0 aliphatic heterocycles. The normalized spacial score (nSPS) is 10.9. The highest BCUT2D eigenvalue weighted by atomic mass is 32.2. The van der Waals surface area contributed by atoms with Gasteiger partial charge in [-0.1, -0.05) is 0 Å². The van der Waals surface area contributed by atoms with Gasteiger partial charge in [-0.15, -0.1) is 0 Å². The fourth-order valence-corrected chi connectivity index (χ4v) is 2.63. The average molecular weight is 262 g/mol. The van der Waals surface area contributed by atoms with Crippen molar-refractivity contribution >= 4 is 15.7 Å². The maximum atomic E-state index is 12.0. The number of hydrogen-bond donors (Lipinski definition) is 1. The molecule has 0 fully saturated rings. The van der Waals surface area contributed by atoms with Gasteiger partial charge in [0.05, 0.1) is 17.8 Å². The van der Waals surface area contributed by atoms with Gasteiger partial charge in [0, 0.05) is 12.7 Å². The maximum Gasteiger partial charge on any atom is 0.279 e. The Morgan fingerprint density at radius 2 is 1.94 bits per heavy atom. The second-order valence-corrected chi connectivity index (χ2v) is 5.22. The van der Waals surface area contributed by atoms with Gasteiger partial charge in [-0.3, -0.25) is 9.40 Å². The molecule has 0 spiro atoms. The predicted molar refractivity (Wildman–Crippen MR) is 65.2 cm³/mol. The van der Waals surface area contributed by atoms with Gasteiger partial charge in [0.1, 0.15) is 0 Å². The van der Waals surface area contributed by atoms with Crippen molar-refractivity contribution in [1.82, 2.24) is 9.78 Å². The van der Waals surface area contributed by atoms with Crippen molar-refractivity contribution < 1.29 is 8.42 Å². The van der Waals surface area contributed by atoms with Gasteiger partial charge in [0.25, 0.3) is 10.0 Å². The van der Waals surface area contributed by atoms with E-state index in [1.807, 2.05) is 6.07 Å². The first-order valence-corrected chi connectivity index (χ1v) is 6.52. The Balaban J connectivity index is 2.28. The summed E-state index contributed by atoms with van der Waals surface area (Å²) in [5, 5.41) is 12.5. The van der Waals surface area contributed by atoms with Crippen LogP contribution in [0.25, 0.3) is 0 Å². The minimum atomic E-state index is -3.65. The van der Waals surface area contributed by atoms with E-state index in [0.717, 1.165) is 0 Å². The van der Waals surface area contributed by atoms with E-state index in [0.29, 0.717) is 11.3 Å². The molecule has 0 atom stereocenters. The number of aromatic nitrogens is 2. The molecule has 0 unspecified atom stereocenters. The highest BCUT2D eigenvalue weighted by Gasteiger charge is 2.17. The Morgan fingerprint density at radius 3 is 2.44 bits per heavy atom. The molecule has 7 heteroatoms. The van der Waals surface area contributed by atoms with E-state index in [-0.39, 0.29) is 5.03 Å². The fourth-order valence-electron chi connectivity index (χ4n) is 1.45. The minimum Gasteiger partial charge on any atom is -0.278 e. The molecule has 0 aliphatic rings. The molecule has 92 valence electrons. The quantitative estimate of drug-likeness (QED) is 0.896. The third kappa shape index (κ3) is 2.33. The molecule has 6 nitrogen and oxygen atoms in total. The summed E-state index contributed by atoms with van der Waals surface area (Å²) in [7, 11) is -2.10. The van der Waals surface area contributed by atoms with Crippen molar-refractivity contribution in [3.63, 3.8) is 0 Å². The van der Waals surface area contributed by atoms with Crippen LogP contribution in [0.2, 0.25) is 0 Å². The van der Waals surface area contributed by atoms with Crippen LogP contribution in [0, 0.1) is 11.3 Å². The van der Waals surface area contributed by atoms with E-state index in [4.69, 9.17) is 5.26 Å². The number of benzene rings is 1. The number of rotatable bonds is 3. The van der Waals surface area contributed by atoms with Crippen LogP contribution in [0.4, 0.5) is 5.69 Å². The molecule has 18 heavy (non-hydrogen) atoms. The van der Waals surface area contributed by atoms with Crippen molar-refractivity contribution in [3.8, 4) is 6.07 Å². The number of hydrogen-bond acceptors (Lipinski definition) is 4. The summed E-state index contributed by atoms with van der Waals surface area (Å²) in [6.07, 6.45) is 1.41. The zero-order valence-corrected chi connectivity index (χ0v) is 10.3. The van der Waals surface area contributed by atoms with Gasteiger partial charge in [0.2, 0.25) is 0 Å². The monoisotopic (exact) mass is 262 g/mol. The van der Waals surface area contributed by atoms with Gasteiger partial charge in [0.15, 0.2) is 5.03 Å². The minimum absolute atomic E-state index is 0.0758. The molecule has 0 aliphatic carbocycles. The first-order valence-electron chi connectivity index (χ1n) is 5.04. The summed E-state index contributed by atoms with van der Waals surface area (Å²) in [4.78, 5) is 0. The fraction of sp³-hybridized carbons (Fsp3) is 0.0909. The second kappa shape index (κ2) is 4.50. The van der Waals surface area contributed by atoms with Gasteiger partial charge in [-0.2, -0.15) is 18.8 Å². The highest BCUT2D eigenvalue weighted by Crippen LogP contribution is 2.15. The van der Waals surface area contributed by atoms with Crippen molar-refractivity contribution in [2.24, 2.45) is 7.05 Å². The van der Waals surface area contributed by atoms with E-state index in [1.54, 1.807) is 19.2 Å². The summed E-state index contributed by atoms with van der Waals surface area (Å²) in [5.41, 5.74) is 0.869. The van der Waals surface area contributed by atoms with Gasteiger partial charge in [-0.25, -0.2) is 0 Å². The summed E-state index contributed by atoms with van der Waals surface area (Å²) in [6.45, 7) is 0. The SMILES string of the molecule is Cn1nccc1S(=O)(=O)Nc1ccc(C#N)cc1. The predicted octanol–water partition coefficient (Wildman–Crippen LogP) is 1.09. The number of anilines is 1. The molecule has 0 bridgehead atoms. The molecule has 1 aromatic carbocycles. The maximum absolute atomic E-state index is 12.0. The van der Waals surface area contributed by atoms with Crippen molar-refractivity contribution in [2.75, 3.05) is 4.72 Å². The molecule has 2 rings (SSSR count). The summed E-state index contributed by atoms with van der Waals surface area (Å²) >= 11 is 0. The first-order chi connectivity index (χ1) is 8.53. The Bertz CT molecular complexity index is 695. The summed E-state index contributed by atoms with van der Waals surface area (Å²) in [6, 6.07) is 9.52. The molecular weight excluding hydrogens is 252 g/mol. The van der Waals surface area contributed by atoms with Crippen LogP contribution < -0.4 is 4.72 Å². The van der Waals surface area contributed by atoms with Crippen molar-refractivity contribution in [3.05, 3.63) is 42.1 Å². The van der Waals surface area contributed by atoms with Crippen LogP contribution in [-0.4, -0.2) is 18.2 Å². The molecule has 1 N–H and O–H groups in total. The first kappa shape index (κ1) is 12.1. The van der Waals surface area contributed by atoms with Crippen LogP contribution in [0.1, 0.15) is 5.56 Å². The average Bonchev–Trinajstić information content (AvgIpc) is 2.77. The smallest absolute Gasteiger partial charge is 0.278 e. The Morgan fingerprint density at radius 1 is 1.28 bits per heavy atom. The van der Waals surface area contributed by atoms with Gasteiger partial charge < -0.3 is 0 Å². The lowest BCUT2D eigenvalue weighted by Crippen LogP contribution is -2.16. The van der Waals surface area contributed by atoms with E-state index in [9.17, 15) is 8.42 Å². The Hall–Kier alpha value is -2.33. The standard InChI is InChI=1S/C11H10N4O2S/c1-15-11(6-7-13-15)18(16,17)14-10-4-2-9(8-12)3-5-10/h2-7,14H,1H3. The third-order valence-corrected chi connectivity index (χ3v) is 3.77. The number of nitriles is 1. The molecule has 0 radical (unpaired) electrons. The number of aryl methyl sites for hydroxylation is 1. The summed E-state index contributed by atoms with van der Waals surface area (Å²) in [5.74, 6) is 0. The Kier molecular flexibility index (Phi) is 3.04. The lowest BCUT2D eigenvalue weighted by atomic mass is 10.2. The molecule has 0 saturated heterocycles. The topological polar surface area (TPSA) is 87.8 Å². The Labute approximate surface area is 105 Å². The second-order valence-electron chi connectivity index (χ2n) is 3.59. The lowest BCUT2D eigenvalue weighted by molar-refractivity contribution is 0.582. The van der Waals surface area contributed by atoms with Crippen LogP contribution in [0.15, 0.2) is 41.6 Å². The lowest BCUT2D eigenvalue weighted by Gasteiger charge is -2.07. The van der Waals surface area contributed by atoms with Crippen LogP contribution in [-0.2, 0) is 17.1 Å². The molecule has 2 aromatic rings. The number of sulfonamides is 1. The van der Waals surface area contributed by atoms with Gasteiger partial charge in [-0.05, 0) is 30.3 Å². The highest BCUT2D eigenvalue weighted by molar-refractivity contribution is 7.92. The number of nitrogens with one attached hydrogen (secondary N) is 1. The zero-order chi connectivity index (χ0) is 13.2.